The first-order chi connectivity index (χ1) is 10.9. The van der Waals surface area contributed by atoms with Gasteiger partial charge in [-0.15, -0.1) is 0 Å². The highest BCUT2D eigenvalue weighted by molar-refractivity contribution is 6.10. The Morgan fingerprint density at radius 1 is 0.636 bits per heavy atom. The summed E-state index contributed by atoms with van der Waals surface area (Å²) in [6.45, 7) is 4.60. The third-order valence-electron chi connectivity index (χ3n) is 4.97. The van der Waals surface area contributed by atoms with Gasteiger partial charge in [-0.2, -0.15) is 0 Å². The van der Waals surface area contributed by atoms with E-state index in [0.717, 1.165) is 37.2 Å². The summed E-state index contributed by atoms with van der Waals surface area (Å²) in [5.74, 6) is 0. The molecule has 0 radical (unpaired) electrons. The lowest BCUT2D eigenvalue weighted by Gasteiger charge is -2.35. The van der Waals surface area contributed by atoms with Crippen molar-refractivity contribution in [1.82, 2.24) is 9.97 Å². The summed E-state index contributed by atoms with van der Waals surface area (Å²) in [5, 5.41) is 2.45. The molecule has 110 valence electrons. The standard InChI is InChI=1S/C18H18N4/c1-9-21(10-1)15-5-7-19-17-13(15)3-4-14-16(22-11-2-12-22)6-8-20-18(14)17/h3-8H,1-2,9-12H2. The normalized spacial score (nSPS) is 17.6. The summed E-state index contributed by atoms with van der Waals surface area (Å²) < 4.78 is 0. The molecule has 2 aromatic heterocycles. The quantitative estimate of drug-likeness (QED) is 0.678. The van der Waals surface area contributed by atoms with Crippen LogP contribution in [0, 0.1) is 0 Å². The summed E-state index contributed by atoms with van der Waals surface area (Å²) in [7, 11) is 0. The minimum atomic E-state index is 1.03. The van der Waals surface area contributed by atoms with Crippen molar-refractivity contribution in [1.29, 1.82) is 0 Å². The molecule has 5 rings (SSSR count). The number of hydrogen-bond acceptors (Lipinski definition) is 4. The summed E-state index contributed by atoms with van der Waals surface area (Å²) in [6, 6.07) is 8.71. The Labute approximate surface area is 129 Å². The molecule has 22 heavy (non-hydrogen) atoms. The van der Waals surface area contributed by atoms with Gasteiger partial charge in [0.2, 0.25) is 0 Å². The number of pyridine rings is 2. The summed E-state index contributed by atoms with van der Waals surface area (Å²) in [4.78, 5) is 14.1. The monoisotopic (exact) mass is 290 g/mol. The van der Waals surface area contributed by atoms with E-state index in [4.69, 9.17) is 0 Å². The zero-order valence-electron chi connectivity index (χ0n) is 12.5. The number of aromatic nitrogens is 2. The minimum absolute atomic E-state index is 1.03. The van der Waals surface area contributed by atoms with Crippen LogP contribution in [0.1, 0.15) is 12.8 Å². The van der Waals surface area contributed by atoms with Gasteiger partial charge in [-0.25, -0.2) is 0 Å². The highest BCUT2D eigenvalue weighted by atomic mass is 15.2. The van der Waals surface area contributed by atoms with Gasteiger partial charge in [0.1, 0.15) is 0 Å². The van der Waals surface area contributed by atoms with E-state index in [9.17, 15) is 0 Å². The Bertz CT molecular complexity index is 793. The van der Waals surface area contributed by atoms with E-state index in [1.54, 1.807) is 0 Å². The fourth-order valence-electron chi connectivity index (χ4n) is 3.46. The second-order valence-electron chi connectivity index (χ2n) is 6.20. The number of hydrogen-bond donors (Lipinski definition) is 0. The van der Waals surface area contributed by atoms with E-state index in [0.29, 0.717) is 0 Å². The van der Waals surface area contributed by atoms with Crippen LogP contribution in [0.15, 0.2) is 36.7 Å². The minimum Gasteiger partial charge on any atom is -0.371 e. The summed E-state index contributed by atoms with van der Waals surface area (Å²) >= 11 is 0. The molecule has 0 aliphatic carbocycles. The second kappa shape index (κ2) is 4.57. The Hall–Kier alpha value is -2.36. The molecule has 0 bridgehead atoms. The van der Waals surface area contributed by atoms with Crippen molar-refractivity contribution in [2.75, 3.05) is 36.0 Å². The molecule has 2 fully saturated rings. The van der Waals surface area contributed by atoms with Crippen LogP contribution in [0.25, 0.3) is 21.8 Å². The Morgan fingerprint density at radius 3 is 1.45 bits per heavy atom. The lowest BCUT2D eigenvalue weighted by atomic mass is 10.0. The largest absolute Gasteiger partial charge is 0.371 e. The zero-order chi connectivity index (χ0) is 14.5. The molecule has 0 saturated carbocycles. The van der Waals surface area contributed by atoms with E-state index >= 15 is 0 Å². The topological polar surface area (TPSA) is 32.3 Å². The van der Waals surface area contributed by atoms with E-state index in [-0.39, 0.29) is 0 Å². The molecule has 4 heterocycles. The van der Waals surface area contributed by atoms with Crippen LogP contribution in [0.5, 0.6) is 0 Å². The first kappa shape index (κ1) is 12.2. The van der Waals surface area contributed by atoms with Crippen LogP contribution in [-0.4, -0.2) is 36.1 Å². The lowest BCUT2D eigenvalue weighted by Crippen LogP contribution is -2.37. The van der Waals surface area contributed by atoms with Gasteiger partial charge >= 0.3 is 0 Å². The van der Waals surface area contributed by atoms with Gasteiger partial charge in [0.25, 0.3) is 0 Å². The molecule has 0 atom stereocenters. The number of benzene rings is 1. The van der Waals surface area contributed by atoms with E-state index in [2.05, 4.69) is 44.0 Å². The molecule has 1 aromatic carbocycles. The molecule has 0 amide bonds. The van der Waals surface area contributed by atoms with Crippen molar-refractivity contribution in [3.63, 3.8) is 0 Å². The fraction of sp³-hybridized carbons (Fsp3) is 0.333. The molecule has 0 spiro atoms. The van der Waals surface area contributed by atoms with Crippen molar-refractivity contribution in [2.24, 2.45) is 0 Å². The van der Waals surface area contributed by atoms with Gasteiger partial charge in [-0.1, -0.05) is 0 Å². The first-order valence-corrected chi connectivity index (χ1v) is 8.08. The zero-order valence-corrected chi connectivity index (χ0v) is 12.5. The van der Waals surface area contributed by atoms with Crippen LogP contribution in [0.4, 0.5) is 11.4 Å². The number of fused-ring (bicyclic) bond motifs is 3. The van der Waals surface area contributed by atoms with Crippen molar-refractivity contribution in [3.05, 3.63) is 36.7 Å². The van der Waals surface area contributed by atoms with Gasteiger partial charge in [0, 0.05) is 60.7 Å². The van der Waals surface area contributed by atoms with Gasteiger partial charge in [0.15, 0.2) is 0 Å². The predicted octanol–water partition coefficient (Wildman–Crippen LogP) is 3.20. The molecule has 4 heteroatoms. The van der Waals surface area contributed by atoms with Crippen LogP contribution in [0.3, 0.4) is 0 Å². The highest BCUT2D eigenvalue weighted by Gasteiger charge is 2.20. The molecular formula is C18H18N4. The Balaban J connectivity index is 1.77. The van der Waals surface area contributed by atoms with E-state index in [1.165, 1.54) is 35.0 Å². The fourth-order valence-corrected chi connectivity index (χ4v) is 3.46. The van der Waals surface area contributed by atoms with Crippen LogP contribution < -0.4 is 9.80 Å². The number of anilines is 2. The highest BCUT2D eigenvalue weighted by Crippen LogP contribution is 2.35. The van der Waals surface area contributed by atoms with Gasteiger partial charge < -0.3 is 9.80 Å². The molecule has 4 nitrogen and oxygen atoms in total. The van der Waals surface area contributed by atoms with Crippen molar-refractivity contribution < 1.29 is 0 Å². The van der Waals surface area contributed by atoms with E-state index < -0.39 is 0 Å². The van der Waals surface area contributed by atoms with Crippen molar-refractivity contribution in [2.45, 2.75) is 12.8 Å². The van der Waals surface area contributed by atoms with Gasteiger partial charge in [-0.05, 0) is 37.1 Å². The van der Waals surface area contributed by atoms with Crippen LogP contribution in [-0.2, 0) is 0 Å². The molecule has 2 saturated heterocycles. The first-order valence-electron chi connectivity index (χ1n) is 8.08. The summed E-state index contributed by atoms with van der Waals surface area (Å²) in [5.41, 5.74) is 4.66. The molecular weight excluding hydrogens is 272 g/mol. The van der Waals surface area contributed by atoms with Crippen molar-refractivity contribution >= 4 is 33.2 Å². The summed E-state index contributed by atoms with van der Waals surface area (Å²) in [6.07, 6.45) is 6.42. The van der Waals surface area contributed by atoms with Gasteiger partial charge in [0.05, 0.1) is 11.0 Å². The number of nitrogens with zero attached hydrogens (tertiary/aromatic N) is 4. The molecule has 2 aliphatic heterocycles. The van der Waals surface area contributed by atoms with E-state index in [1.807, 2.05) is 12.4 Å². The molecule has 0 unspecified atom stereocenters. The molecule has 2 aliphatic rings. The van der Waals surface area contributed by atoms with Crippen LogP contribution >= 0.6 is 0 Å². The maximum Gasteiger partial charge on any atom is 0.0986 e. The second-order valence-corrected chi connectivity index (χ2v) is 6.20. The van der Waals surface area contributed by atoms with Crippen molar-refractivity contribution in [3.8, 4) is 0 Å². The Morgan fingerprint density at radius 2 is 1.09 bits per heavy atom. The Kier molecular flexibility index (Phi) is 2.53. The maximum absolute atomic E-state index is 4.65. The number of rotatable bonds is 2. The third kappa shape index (κ3) is 1.64. The molecule has 3 aromatic rings. The smallest absolute Gasteiger partial charge is 0.0986 e. The lowest BCUT2D eigenvalue weighted by molar-refractivity contribution is 0.619. The SMILES string of the molecule is c1cc(N2CCC2)c2ccc3c(N4CCC4)ccnc3c2n1. The van der Waals surface area contributed by atoms with Gasteiger partial charge in [-0.3, -0.25) is 9.97 Å². The predicted molar refractivity (Wildman–Crippen MR) is 90.7 cm³/mol. The third-order valence-corrected chi connectivity index (χ3v) is 4.97. The average molecular weight is 290 g/mol. The average Bonchev–Trinajstić information content (AvgIpc) is 2.44. The van der Waals surface area contributed by atoms with Crippen LogP contribution in [0.2, 0.25) is 0 Å². The molecule has 0 N–H and O–H groups in total. The maximum atomic E-state index is 4.65.